The van der Waals surface area contributed by atoms with Gasteiger partial charge in [-0.2, -0.15) is 0 Å². The summed E-state index contributed by atoms with van der Waals surface area (Å²) in [6.07, 6.45) is 3.88. The fourth-order valence-electron chi connectivity index (χ4n) is 1.88. The van der Waals surface area contributed by atoms with Crippen molar-refractivity contribution in [2.45, 2.75) is 39.2 Å². The molecule has 1 aromatic heterocycles. The van der Waals surface area contributed by atoms with Gasteiger partial charge in [0.05, 0.1) is 5.69 Å². The highest BCUT2D eigenvalue weighted by atomic mass is 14.8. The number of pyridine rings is 1. The molecule has 2 N–H and O–H groups in total. The summed E-state index contributed by atoms with van der Waals surface area (Å²) in [5.74, 6) is 0.671. The van der Waals surface area contributed by atoms with Crippen LogP contribution in [-0.4, -0.2) is 4.98 Å². The molecule has 1 saturated carbocycles. The van der Waals surface area contributed by atoms with E-state index in [9.17, 15) is 0 Å². The van der Waals surface area contributed by atoms with Crippen molar-refractivity contribution >= 4 is 0 Å². The van der Waals surface area contributed by atoms with Gasteiger partial charge in [0.2, 0.25) is 0 Å². The van der Waals surface area contributed by atoms with Gasteiger partial charge in [-0.25, -0.2) is 0 Å². The molecule has 1 atom stereocenters. The maximum absolute atomic E-state index is 6.16. The summed E-state index contributed by atoms with van der Waals surface area (Å²) in [4.78, 5) is 4.55. The summed E-state index contributed by atoms with van der Waals surface area (Å²) in [6.45, 7) is 4.13. The second-order valence-electron chi connectivity index (χ2n) is 4.36. The number of aromatic nitrogens is 1. The Balaban J connectivity index is 2.18. The first-order chi connectivity index (χ1) is 6.68. The molecule has 2 rings (SSSR count). The normalized spacial score (nSPS) is 19.1. The molecule has 0 spiro atoms. The van der Waals surface area contributed by atoms with Gasteiger partial charge >= 0.3 is 0 Å². The maximum atomic E-state index is 6.16. The molecule has 1 aromatic rings. The van der Waals surface area contributed by atoms with Crippen LogP contribution >= 0.6 is 0 Å². The fourth-order valence-corrected chi connectivity index (χ4v) is 1.88. The molecule has 76 valence electrons. The average Bonchev–Trinajstić information content (AvgIpc) is 2.06. The van der Waals surface area contributed by atoms with E-state index in [1.54, 1.807) is 0 Å². The summed E-state index contributed by atoms with van der Waals surface area (Å²) in [5.41, 5.74) is 9.58. The van der Waals surface area contributed by atoms with Gasteiger partial charge in [-0.1, -0.05) is 12.5 Å². The molecular weight excluding hydrogens is 172 g/mol. The molecule has 1 unspecified atom stereocenters. The Bertz CT molecular complexity index is 329. The second kappa shape index (κ2) is 3.70. The van der Waals surface area contributed by atoms with Crippen LogP contribution in [0.4, 0.5) is 0 Å². The summed E-state index contributed by atoms with van der Waals surface area (Å²) >= 11 is 0. The van der Waals surface area contributed by atoms with Crippen molar-refractivity contribution in [2.24, 2.45) is 11.7 Å². The zero-order valence-corrected chi connectivity index (χ0v) is 8.96. The van der Waals surface area contributed by atoms with Crippen LogP contribution in [0, 0.1) is 19.8 Å². The third-order valence-corrected chi connectivity index (χ3v) is 3.37. The molecule has 1 aliphatic carbocycles. The molecule has 0 aromatic carbocycles. The van der Waals surface area contributed by atoms with E-state index in [1.807, 2.05) is 6.92 Å². The Morgan fingerprint density at radius 3 is 2.57 bits per heavy atom. The number of rotatable bonds is 2. The lowest BCUT2D eigenvalue weighted by atomic mass is 9.79. The molecule has 0 radical (unpaired) electrons. The van der Waals surface area contributed by atoms with E-state index in [-0.39, 0.29) is 6.04 Å². The van der Waals surface area contributed by atoms with Gasteiger partial charge < -0.3 is 5.73 Å². The largest absolute Gasteiger partial charge is 0.322 e. The molecule has 14 heavy (non-hydrogen) atoms. The van der Waals surface area contributed by atoms with Gasteiger partial charge in [-0.15, -0.1) is 0 Å². The van der Waals surface area contributed by atoms with E-state index >= 15 is 0 Å². The summed E-state index contributed by atoms with van der Waals surface area (Å²) in [7, 11) is 0. The number of hydrogen-bond donors (Lipinski definition) is 1. The second-order valence-corrected chi connectivity index (χ2v) is 4.36. The van der Waals surface area contributed by atoms with E-state index in [4.69, 9.17) is 5.73 Å². The molecule has 1 aliphatic rings. The van der Waals surface area contributed by atoms with Crippen molar-refractivity contribution < 1.29 is 0 Å². The minimum atomic E-state index is 0.156. The summed E-state index contributed by atoms with van der Waals surface area (Å²) in [6, 6.07) is 4.35. The van der Waals surface area contributed by atoms with E-state index in [0.717, 1.165) is 11.4 Å². The van der Waals surface area contributed by atoms with Crippen molar-refractivity contribution in [1.29, 1.82) is 0 Å². The highest BCUT2D eigenvalue weighted by Gasteiger charge is 2.26. The van der Waals surface area contributed by atoms with E-state index in [2.05, 4.69) is 24.0 Å². The van der Waals surface area contributed by atoms with Crippen molar-refractivity contribution in [2.75, 3.05) is 0 Å². The quantitative estimate of drug-likeness (QED) is 0.778. The average molecular weight is 190 g/mol. The van der Waals surface area contributed by atoms with E-state index in [1.165, 1.54) is 24.8 Å². The predicted octanol–water partition coefficient (Wildman–Crippen LogP) is 2.50. The van der Waals surface area contributed by atoms with Crippen LogP contribution in [0.2, 0.25) is 0 Å². The molecule has 0 aliphatic heterocycles. The van der Waals surface area contributed by atoms with E-state index < -0.39 is 0 Å². The summed E-state index contributed by atoms with van der Waals surface area (Å²) < 4.78 is 0. The first kappa shape index (κ1) is 9.66. The third kappa shape index (κ3) is 1.67. The number of nitrogens with zero attached hydrogens (tertiary/aromatic N) is 1. The van der Waals surface area contributed by atoms with Crippen LogP contribution in [-0.2, 0) is 0 Å². The van der Waals surface area contributed by atoms with Gasteiger partial charge in [-0.05, 0) is 44.2 Å². The molecule has 2 heteroatoms. The topological polar surface area (TPSA) is 38.9 Å². The Morgan fingerprint density at radius 2 is 2.07 bits per heavy atom. The highest BCUT2D eigenvalue weighted by Crippen LogP contribution is 2.35. The van der Waals surface area contributed by atoms with Gasteiger partial charge in [0.1, 0.15) is 0 Å². The Hall–Kier alpha value is -0.890. The molecule has 1 heterocycles. The smallest absolute Gasteiger partial charge is 0.0577 e. The minimum absolute atomic E-state index is 0.156. The van der Waals surface area contributed by atoms with Crippen molar-refractivity contribution in [3.05, 3.63) is 29.1 Å². The Morgan fingerprint density at radius 1 is 1.36 bits per heavy atom. The SMILES string of the molecule is Cc1ccc(C(N)C2CCC2)nc1C. The predicted molar refractivity (Wildman–Crippen MR) is 58.0 cm³/mol. The number of hydrogen-bond acceptors (Lipinski definition) is 2. The van der Waals surface area contributed by atoms with Crippen LogP contribution in [0.3, 0.4) is 0 Å². The van der Waals surface area contributed by atoms with Crippen LogP contribution in [0.5, 0.6) is 0 Å². The zero-order chi connectivity index (χ0) is 10.1. The van der Waals surface area contributed by atoms with Gasteiger partial charge in [-0.3, -0.25) is 4.98 Å². The lowest BCUT2D eigenvalue weighted by Crippen LogP contribution is -2.27. The van der Waals surface area contributed by atoms with Gasteiger partial charge in [0, 0.05) is 11.7 Å². The van der Waals surface area contributed by atoms with Crippen molar-refractivity contribution in [1.82, 2.24) is 4.98 Å². The number of aryl methyl sites for hydroxylation is 2. The van der Waals surface area contributed by atoms with Crippen molar-refractivity contribution in [3.63, 3.8) is 0 Å². The first-order valence-corrected chi connectivity index (χ1v) is 5.38. The lowest BCUT2D eigenvalue weighted by Gasteiger charge is -2.31. The summed E-state index contributed by atoms with van der Waals surface area (Å²) in [5, 5.41) is 0. The molecule has 2 nitrogen and oxygen atoms in total. The van der Waals surface area contributed by atoms with Crippen LogP contribution in [0.15, 0.2) is 12.1 Å². The highest BCUT2D eigenvalue weighted by molar-refractivity contribution is 5.22. The van der Waals surface area contributed by atoms with Crippen molar-refractivity contribution in [3.8, 4) is 0 Å². The van der Waals surface area contributed by atoms with Crippen LogP contribution in [0.1, 0.15) is 42.3 Å². The van der Waals surface area contributed by atoms with Gasteiger partial charge in [0.25, 0.3) is 0 Å². The van der Waals surface area contributed by atoms with E-state index in [0.29, 0.717) is 5.92 Å². The molecule has 0 amide bonds. The standard InChI is InChI=1S/C12H18N2/c1-8-6-7-11(14-9(8)2)12(13)10-4-3-5-10/h6-7,10,12H,3-5,13H2,1-2H3. The zero-order valence-electron chi connectivity index (χ0n) is 8.96. The number of nitrogens with two attached hydrogens (primary N) is 1. The third-order valence-electron chi connectivity index (χ3n) is 3.37. The molecule has 1 fully saturated rings. The maximum Gasteiger partial charge on any atom is 0.0577 e. The van der Waals surface area contributed by atoms with Gasteiger partial charge in [0.15, 0.2) is 0 Å². The Labute approximate surface area is 85.5 Å². The van der Waals surface area contributed by atoms with Crippen LogP contribution in [0.25, 0.3) is 0 Å². The fraction of sp³-hybridized carbons (Fsp3) is 0.583. The van der Waals surface area contributed by atoms with Crippen LogP contribution < -0.4 is 5.73 Å². The molecular formula is C12H18N2. The molecule has 0 bridgehead atoms. The first-order valence-electron chi connectivity index (χ1n) is 5.38. The monoisotopic (exact) mass is 190 g/mol. The molecule has 0 saturated heterocycles. The lowest BCUT2D eigenvalue weighted by molar-refractivity contribution is 0.261. The minimum Gasteiger partial charge on any atom is -0.322 e. The Kier molecular flexibility index (Phi) is 2.55.